The molecule has 0 spiro atoms. The first-order valence-corrected chi connectivity index (χ1v) is 7.60. The largest absolute Gasteiger partial charge is 0.497 e. The van der Waals surface area contributed by atoms with E-state index in [0.29, 0.717) is 5.56 Å². The third kappa shape index (κ3) is 2.95. The van der Waals surface area contributed by atoms with Gasteiger partial charge in [0.05, 0.1) is 12.7 Å². The molecule has 3 nitrogen and oxygen atoms in total. The lowest BCUT2D eigenvalue weighted by atomic mass is 9.88. The van der Waals surface area contributed by atoms with E-state index in [-0.39, 0.29) is 11.5 Å². The molecule has 1 atom stereocenters. The second-order valence-corrected chi connectivity index (χ2v) is 5.73. The number of aromatic carboxylic acids is 1. The molecule has 24 heavy (non-hydrogen) atoms. The SMILES string of the molecule is COc1ccc2cc(C(C)c3cc(F)ccc3C(=O)O)ccc2c1. The normalized spacial score (nSPS) is 12.1. The molecule has 0 saturated heterocycles. The summed E-state index contributed by atoms with van der Waals surface area (Å²) in [6.07, 6.45) is 0. The van der Waals surface area contributed by atoms with Gasteiger partial charge in [-0.3, -0.25) is 0 Å². The van der Waals surface area contributed by atoms with Gasteiger partial charge in [-0.15, -0.1) is 0 Å². The van der Waals surface area contributed by atoms with Crippen molar-refractivity contribution in [2.75, 3.05) is 7.11 Å². The zero-order valence-corrected chi connectivity index (χ0v) is 13.4. The number of benzene rings is 3. The predicted molar refractivity (Wildman–Crippen MR) is 91.4 cm³/mol. The smallest absolute Gasteiger partial charge is 0.335 e. The standard InChI is InChI=1S/C20H17FO3/c1-12(19-11-16(21)6-8-18(19)20(22)23)13-3-4-15-10-17(24-2)7-5-14(15)9-13/h3-12H,1-2H3,(H,22,23). The van der Waals surface area contributed by atoms with Gasteiger partial charge in [0.15, 0.2) is 0 Å². The Bertz CT molecular complexity index is 918. The second-order valence-electron chi connectivity index (χ2n) is 5.73. The van der Waals surface area contributed by atoms with Crippen LogP contribution >= 0.6 is 0 Å². The maximum Gasteiger partial charge on any atom is 0.335 e. The van der Waals surface area contributed by atoms with Gasteiger partial charge in [0, 0.05) is 5.92 Å². The molecule has 0 fully saturated rings. The number of methoxy groups -OCH3 is 1. The van der Waals surface area contributed by atoms with Gasteiger partial charge in [-0.25, -0.2) is 9.18 Å². The Morgan fingerprint density at radius 1 is 1.04 bits per heavy atom. The summed E-state index contributed by atoms with van der Waals surface area (Å²) < 4.78 is 18.8. The minimum absolute atomic E-state index is 0.124. The molecule has 0 aromatic heterocycles. The third-order valence-electron chi connectivity index (χ3n) is 4.28. The fourth-order valence-corrected chi connectivity index (χ4v) is 2.90. The van der Waals surface area contributed by atoms with Gasteiger partial charge < -0.3 is 9.84 Å². The number of fused-ring (bicyclic) bond motifs is 1. The summed E-state index contributed by atoms with van der Waals surface area (Å²) in [5, 5.41) is 11.4. The molecule has 0 aliphatic rings. The van der Waals surface area contributed by atoms with E-state index in [2.05, 4.69) is 0 Å². The van der Waals surface area contributed by atoms with Crippen LogP contribution in [-0.2, 0) is 0 Å². The maximum absolute atomic E-state index is 13.6. The van der Waals surface area contributed by atoms with Gasteiger partial charge in [-0.05, 0) is 52.2 Å². The van der Waals surface area contributed by atoms with Crippen LogP contribution in [0.5, 0.6) is 5.75 Å². The van der Waals surface area contributed by atoms with Crippen molar-refractivity contribution in [2.24, 2.45) is 0 Å². The first kappa shape index (κ1) is 16.0. The fourth-order valence-electron chi connectivity index (χ4n) is 2.90. The summed E-state index contributed by atoms with van der Waals surface area (Å²) in [5.41, 5.74) is 1.52. The van der Waals surface area contributed by atoms with Crippen LogP contribution in [0.2, 0.25) is 0 Å². The van der Waals surface area contributed by atoms with E-state index in [1.807, 2.05) is 43.3 Å². The Morgan fingerprint density at radius 2 is 1.75 bits per heavy atom. The fraction of sp³-hybridized carbons (Fsp3) is 0.150. The summed E-state index contributed by atoms with van der Waals surface area (Å²) in [6.45, 7) is 1.88. The van der Waals surface area contributed by atoms with E-state index >= 15 is 0 Å². The molecule has 0 amide bonds. The van der Waals surface area contributed by atoms with E-state index in [1.165, 1.54) is 18.2 Å². The van der Waals surface area contributed by atoms with E-state index in [9.17, 15) is 14.3 Å². The third-order valence-corrected chi connectivity index (χ3v) is 4.28. The van der Waals surface area contributed by atoms with Crippen molar-refractivity contribution >= 4 is 16.7 Å². The van der Waals surface area contributed by atoms with Gasteiger partial charge in [0.2, 0.25) is 0 Å². The predicted octanol–water partition coefficient (Wildman–Crippen LogP) is 4.84. The molecule has 4 heteroatoms. The molecule has 1 N–H and O–H groups in total. The summed E-state index contributed by atoms with van der Waals surface area (Å²) in [7, 11) is 1.62. The van der Waals surface area contributed by atoms with Crippen LogP contribution < -0.4 is 4.74 Å². The number of hydrogen-bond donors (Lipinski definition) is 1. The first-order chi connectivity index (χ1) is 11.5. The van der Waals surface area contributed by atoms with Gasteiger partial charge in [0.1, 0.15) is 11.6 Å². The average molecular weight is 324 g/mol. The summed E-state index contributed by atoms with van der Waals surface area (Å²) >= 11 is 0. The number of ether oxygens (including phenoxy) is 1. The number of hydrogen-bond acceptors (Lipinski definition) is 2. The minimum atomic E-state index is -1.05. The lowest BCUT2D eigenvalue weighted by molar-refractivity contribution is 0.0695. The van der Waals surface area contributed by atoms with Crippen molar-refractivity contribution in [2.45, 2.75) is 12.8 Å². The van der Waals surface area contributed by atoms with Crippen molar-refractivity contribution in [3.63, 3.8) is 0 Å². The van der Waals surface area contributed by atoms with Crippen LogP contribution in [0, 0.1) is 5.82 Å². The Morgan fingerprint density at radius 3 is 2.46 bits per heavy atom. The quantitative estimate of drug-likeness (QED) is 0.747. The van der Waals surface area contributed by atoms with E-state index in [1.54, 1.807) is 7.11 Å². The van der Waals surface area contributed by atoms with Crippen LogP contribution in [0.4, 0.5) is 4.39 Å². The number of carbonyl (C=O) groups is 1. The Labute approximate surface area is 139 Å². The monoisotopic (exact) mass is 324 g/mol. The Hall–Kier alpha value is -2.88. The molecule has 0 heterocycles. The highest BCUT2D eigenvalue weighted by Crippen LogP contribution is 2.31. The number of halogens is 1. The van der Waals surface area contributed by atoms with Crippen molar-refractivity contribution in [3.8, 4) is 5.75 Å². The van der Waals surface area contributed by atoms with Gasteiger partial charge in [-0.2, -0.15) is 0 Å². The molecule has 122 valence electrons. The van der Waals surface area contributed by atoms with E-state index in [0.717, 1.165) is 22.1 Å². The van der Waals surface area contributed by atoms with Crippen molar-refractivity contribution < 1.29 is 19.0 Å². The van der Waals surface area contributed by atoms with Gasteiger partial charge >= 0.3 is 5.97 Å². The van der Waals surface area contributed by atoms with Crippen molar-refractivity contribution in [3.05, 3.63) is 77.1 Å². The van der Waals surface area contributed by atoms with Crippen LogP contribution in [-0.4, -0.2) is 18.2 Å². The number of carboxylic acid groups (broad SMARTS) is 1. The van der Waals surface area contributed by atoms with Crippen LogP contribution in [0.25, 0.3) is 10.8 Å². The van der Waals surface area contributed by atoms with Crippen LogP contribution in [0.1, 0.15) is 34.3 Å². The summed E-state index contributed by atoms with van der Waals surface area (Å²) in [6, 6.07) is 15.4. The molecule has 0 radical (unpaired) electrons. The molecule has 3 aromatic carbocycles. The van der Waals surface area contributed by atoms with Gasteiger partial charge in [-0.1, -0.05) is 31.2 Å². The molecular formula is C20H17FO3. The van der Waals surface area contributed by atoms with E-state index < -0.39 is 11.8 Å². The zero-order valence-electron chi connectivity index (χ0n) is 13.4. The number of carboxylic acids is 1. The first-order valence-electron chi connectivity index (χ1n) is 7.60. The highest BCUT2D eigenvalue weighted by atomic mass is 19.1. The summed E-state index contributed by atoms with van der Waals surface area (Å²) in [4.78, 5) is 11.4. The van der Waals surface area contributed by atoms with Crippen LogP contribution in [0.3, 0.4) is 0 Å². The molecule has 0 bridgehead atoms. The number of rotatable bonds is 4. The van der Waals surface area contributed by atoms with E-state index in [4.69, 9.17) is 4.74 Å². The highest BCUT2D eigenvalue weighted by molar-refractivity contribution is 5.90. The molecular weight excluding hydrogens is 307 g/mol. The molecule has 0 saturated carbocycles. The lowest BCUT2D eigenvalue weighted by Gasteiger charge is -2.16. The van der Waals surface area contributed by atoms with Crippen molar-refractivity contribution in [1.82, 2.24) is 0 Å². The molecule has 1 unspecified atom stereocenters. The molecule has 3 rings (SSSR count). The molecule has 3 aromatic rings. The lowest BCUT2D eigenvalue weighted by Crippen LogP contribution is -2.07. The average Bonchev–Trinajstić information content (AvgIpc) is 2.59. The molecule has 0 aliphatic heterocycles. The second kappa shape index (κ2) is 6.32. The maximum atomic E-state index is 13.6. The Kier molecular flexibility index (Phi) is 4.21. The topological polar surface area (TPSA) is 46.5 Å². The summed E-state index contributed by atoms with van der Waals surface area (Å²) in [5.74, 6) is -0.949. The molecule has 0 aliphatic carbocycles. The zero-order chi connectivity index (χ0) is 17.3. The van der Waals surface area contributed by atoms with Gasteiger partial charge in [0.25, 0.3) is 0 Å². The highest BCUT2D eigenvalue weighted by Gasteiger charge is 2.18. The van der Waals surface area contributed by atoms with Crippen LogP contribution in [0.15, 0.2) is 54.6 Å². The minimum Gasteiger partial charge on any atom is -0.497 e. The Balaban J connectivity index is 2.07. The van der Waals surface area contributed by atoms with Crippen molar-refractivity contribution in [1.29, 1.82) is 0 Å².